The smallest absolute Gasteiger partial charge is 0.0209 e. The Kier molecular flexibility index (Phi) is 46.6. The SMILES string of the molecule is CCCCCCCCCCCCCCCCCCCCC(CCCCCCCCC)(CCCCCCCCCCCCCCCCCCCC)N(CC)CC. The van der Waals surface area contributed by atoms with Crippen molar-refractivity contribution < 1.29 is 0 Å². The third-order valence-electron chi connectivity index (χ3n) is 13.7. The summed E-state index contributed by atoms with van der Waals surface area (Å²) in [7, 11) is 0. The van der Waals surface area contributed by atoms with Gasteiger partial charge in [-0.05, 0) is 32.4 Å². The highest BCUT2D eigenvalue weighted by Crippen LogP contribution is 2.35. The van der Waals surface area contributed by atoms with E-state index in [0.717, 1.165) is 0 Å². The van der Waals surface area contributed by atoms with Crippen molar-refractivity contribution >= 4 is 0 Å². The van der Waals surface area contributed by atoms with Gasteiger partial charge in [0.15, 0.2) is 0 Å². The molecule has 0 aliphatic heterocycles. The third-order valence-corrected chi connectivity index (χ3v) is 13.7. The van der Waals surface area contributed by atoms with Gasteiger partial charge in [0, 0.05) is 5.54 Å². The number of nitrogens with zero attached hydrogens (tertiary/aromatic N) is 1. The molecule has 0 atom stereocenters. The molecule has 55 heavy (non-hydrogen) atoms. The molecule has 0 bridgehead atoms. The standard InChI is InChI=1S/C54H111N/c1-6-11-14-17-20-22-24-26-28-30-32-34-36-38-40-43-46-49-52-54(55(9-4)10-5,51-48-45-42-19-16-13-8-3)53-50-47-44-41-39-37-35-33-31-29-27-25-23-21-18-15-12-7-2/h6-53H2,1-5H3. The Morgan fingerprint density at radius 1 is 0.200 bits per heavy atom. The summed E-state index contributed by atoms with van der Waals surface area (Å²) >= 11 is 0. The summed E-state index contributed by atoms with van der Waals surface area (Å²) in [5, 5.41) is 0. The lowest BCUT2D eigenvalue weighted by atomic mass is 9.80. The van der Waals surface area contributed by atoms with Crippen molar-refractivity contribution in [3.63, 3.8) is 0 Å². The molecule has 0 rings (SSSR count). The zero-order valence-electron chi connectivity index (χ0n) is 39.9. The molecule has 0 fully saturated rings. The molecule has 0 radical (unpaired) electrons. The monoisotopic (exact) mass is 774 g/mol. The number of rotatable bonds is 49. The van der Waals surface area contributed by atoms with Gasteiger partial charge in [0.25, 0.3) is 0 Å². The van der Waals surface area contributed by atoms with Gasteiger partial charge in [0.05, 0.1) is 0 Å². The van der Waals surface area contributed by atoms with Crippen LogP contribution in [0.3, 0.4) is 0 Å². The lowest BCUT2D eigenvalue weighted by molar-refractivity contribution is 0.0624. The summed E-state index contributed by atoms with van der Waals surface area (Å²) in [6.45, 7) is 14.4. The van der Waals surface area contributed by atoms with E-state index in [0.29, 0.717) is 5.54 Å². The maximum atomic E-state index is 2.94. The van der Waals surface area contributed by atoms with Gasteiger partial charge in [0.2, 0.25) is 0 Å². The van der Waals surface area contributed by atoms with E-state index in [1.807, 2.05) is 0 Å². The van der Waals surface area contributed by atoms with Crippen LogP contribution in [0.4, 0.5) is 0 Å². The van der Waals surface area contributed by atoms with Crippen molar-refractivity contribution in [3.05, 3.63) is 0 Å². The Balaban J connectivity index is 4.33. The minimum atomic E-state index is 0.469. The van der Waals surface area contributed by atoms with Crippen LogP contribution in [-0.4, -0.2) is 23.5 Å². The van der Waals surface area contributed by atoms with E-state index >= 15 is 0 Å². The van der Waals surface area contributed by atoms with Crippen LogP contribution in [0, 0.1) is 0 Å². The maximum Gasteiger partial charge on any atom is 0.0209 e. The van der Waals surface area contributed by atoms with E-state index in [1.54, 1.807) is 0 Å². The normalized spacial score (nSPS) is 12.1. The van der Waals surface area contributed by atoms with Crippen molar-refractivity contribution in [1.82, 2.24) is 4.90 Å². The Labute approximate surface area is 352 Å². The van der Waals surface area contributed by atoms with Crippen molar-refractivity contribution in [2.45, 2.75) is 336 Å². The molecule has 0 aromatic rings. The fourth-order valence-corrected chi connectivity index (χ4v) is 9.87. The van der Waals surface area contributed by atoms with Gasteiger partial charge in [-0.25, -0.2) is 0 Å². The third kappa shape index (κ3) is 37.9. The molecule has 0 saturated heterocycles. The minimum Gasteiger partial charge on any atom is -0.298 e. The molecule has 0 spiro atoms. The van der Waals surface area contributed by atoms with Crippen molar-refractivity contribution in [2.24, 2.45) is 0 Å². The van der Waals surface area contributed by atoms with E-state index in [1.165, 1.54) is 308 Å². The fourth-order valence-electron chi connectivity index (χ4n) is 9.87. The topological polar surface area (TPSA) is 3.24 Å². The second kappa shape index (κ2) is 46.6. The largest absolute Gasteiger partial charge is 0.298 e. The predicted octanol–water partition coefficient (Wildman–Crippen LogP) is 20.1. The molecular weight excluding hydrogens is 663 g/mol. The number of hydrogen-bond acceptors (Lipinski definition) is 1. The zero-order chi connectivity index (χ0) is 40.0. The van der Waals surface area contributed by atoms with Crippen molar-refractivity contribution in [1.29, 1.82) is 0 Å². The lowest BCUT2D eigenvalue weighted by Gasteiger charge is -2.44. The van der Waals surface area contributed by atoms with Gasteiger partial charge in [0.1, 0.15) is 0 Å². The van der Waals surface area contributed by atoms with E-state index in [-0.39, 0.29) is 0 Å². The summed E-state index contributed by atoms with van der Waals surface area (Å²) in [5.74, 6) is 0. The fraction of sp³-hybridized carbons (Fsp3) is 1.00. The zero-order valence-corrected chi connectivity index (χ0v) is 39.9. The van der Waals surface area contributed by atoms with Crippen LogP contribution >= 0.6 is 0 Å². The molecule has 0 amide bonds. The van der Waals surface area contributed by atoms with Gasteiger partial charge < -0.3 is 0 Å². The van der Waals surface area contributed by atoms with Gasteiger partial charge in [-0.2, -0.15) is 0 Å². The highest BCUT2D eigenvalue weighted by Gasteiger charge is 2.33. The van der Waals surface area contributed by atoms with Crippen molar-refractivity contribution in [3.8, 4) is 0 Å². The van der Waals surface area contributed by atoms with E-state index in [2.05, 4.69) is 39.5 Å². The van der Waals surface area contributed by atoms with Crippen LogP contribution in [0.25, 0.3) is 0 Å². The van der Waals surface area contributed by atoms with E-state index in [9.17, 15) is 0 Å². The Morgan fingerprint density at radius 2 is 0.345 bits per heavy atom. The van der Waals surface area contributed by atoms with E-state index in [4.69, 9.17) is 0 Å². The molecule has 0 aromatic heterocycles. The predicted molar refractivity (Wildman–Crippen MR) is 255 cm³/mol. The summed E-state index contributed by atoms with van der Waals surface area (Å²) < 4.78 is 0. The molecule has 0 aliphatic carbocycles. The van der Waals surface area contributed by atoms with Crippen LogP contribution in [0.5, 0.6) is 0 Å². The molecule has 1 heteroatoms. The Hall–Kier alpha value is -0.0400. The minimum absolute atomic E-state index is 0.469. The summed E-state index contributed by atoms with van der Waals surface area (Å²) in [6, 6.07) is 0. The Morgan fingerprint density at radius 3 is 0.491 bits per heavy atom. The van der Waals surface area contributed by atoms with Gasteiger partial charge in [-0.1, -0.05) is 311 Å². The molecule has 0 aliphatic rings. The molecule has 0 heterocycles. The molecule has 332 valence electrons. The van der Waals surface area contributed by atoms with Crippen molar-refractivity contribution in [2.75, 3.05) is 13.1 Å². The molecule has 0 N–H and O–H groups in total. The first-order valence-electron chi connectivity index (χ1n) is 27.0. The number of unbranched alkanes of at least 4 members (excludes halogenated alkanes) is 40. The summed E-state index contributed by atoms with van der Waals surface area (Å²) in [5.41, 5.74) is 0.469. The van der Waals surface area contributed by atoms with Crippen LogP contribution in [-0.2, 0) is 0 Å². The van der Waals surface area contributed by atoms with Gasteiger partial charge in [-0.15, -0.1) is 0 Å². The van der Waals surface area contributed by atoms with Crippen LogP contribution in [0.1, 0.15) is 330 Å². The molecule has 0 aromatic carbocycles. The molecule has 1 nitrogen and oxygen atoms in total. The average molecular weight is 774 g/mol. The highest BCUT2D eigenvalue weighted by atomic mass is 15.2. The van der Waals surface area contributed by atoms with E-state index < -0.39 is 0 Å². The second-order valence-electron chi connectivity index (χ2n) is 18.8. The first kappa shape index (κ1) is 55.0. The van der Waals surface area contributed by atoms with Gasteiger partial charge >= 0.3 is 0 Å². The Bertz CT molecular complexity index is 626. The maximum absolute atomic E-state index is 2.94. The lowest BCUT2D eigenvalue weighted by Crippen LogP contribution is -2.48. The number of hydrogen-bond donors (Lipinski definition) is 0. The highest BCUT2D eigenvalue weighted by molar-refractivity contribution is 4.90. The molecule has 0 unspecified atom stereocenters. The van der Waals surface area contributed by atoms with Crippen LogP contribution in [0.2, 0.25) is 0 Å². The van der Waals surface area contributed by atoms with Crippen LogP contribution < -0.4 is 0 Å². The molecular formula is C54H111N. The summed E-state index contributed by atoms with van der Waals surface area (Å²) in [4.78, 5) is 2.94. The first-order chi connectivity index (χ1) is 27.2. The first-order valence-corrected chi connectivity index (χ1v) is 27.0. The second-order valence-corrected chi connectivity index (χ2v) is 18.8. The van der Waals surface area contributed by atoms with Crippen LogP contribution in [0.15, 0.2) is 0 Å². The van der Waals surface area contributed by atoms with Gasteiger partial charge in [-0.3, -0.25) is 4.90 Å². The molecule has 0 saturated carbocycles. The average Bonchev–Trinajstić information content (AvgIpc) is 3.20. The summed E-state index contributed by atoms with van der Waals surface area (Å²) in [6.07, 6.45) is 67.5. The quantitative estimate of drug-likeness (QED) is 0.0557.